The summed E-state index contributed by atoms with van der Waals surface area (Å²) in [5.41, 5.74) is 4.03. The summed E-state index contributed by atoms with van der Waals surface area (Å²) in [4.78, 5) is 25.0. The normalized spacial score (nSPS) is 10.7. The second kappa shape index (κ2) is 9.30. The van der Waals surface area contributed by atoms with Crippen molar-refractivity contribution in [3.05, 3.63) is 95.4 Å². The van der Waals surface area contributed by atoms with Crippen LogP contribution in [0.2, 0.25) is 0 Å². The molecule has 0 aliphatic rings. The van der Waals surface area contributed by atoms with E-state index in [2.05, 4.69) is 39.9 Å². The lowest BCUT2D eigenvalue weighted by Gasteiger charge is -2.05. The molecule has 0 saturated carbocycles. The number of aromatic nitrogens is 4. The Balaban J connectivity index is 1.37. The molecule has 4 rings (SSSR count). The fourth-order valence-corrected chi connectivity index (χ4v) is 3.34. The number of hydrogen-bond acceptors (Lipinski definition) is 4. The van der Waals surface area contributed by atoms with E-state index in [1.807, 2.05) is 42.5 Å². The summed E-state index contributed by atoms with van der Waals surface area (Å²) >= 11 is 0. The fraction of sp³-hybridized carbons (Fsp3) is 0.167. The van der Waals surface area contributed by atoms with Gasteiger partial charge < -0.3 is 10.6 Å². The van der Waals surface area contributed by atoms with Crippen molar-refractivity contribution in [2.24, 2.45) is 7.05 Å². The average molecular weight is 428 g/mol. The van der Waals surface area contributed by atoms with Gasteiger partial charge in [0, 0.05) is 19.3 Å². The number of amides is 2. The Hall–Kier alpha value is -4.20. The van der Waals surface area contributed by atoms with Crippen LogP contribution in [0.4, 0.5) is 11.5 Å². The van der Waals surface area contributed by atoms with E-state index in [1.54, 1.807) is 30.2 Å². The number of carbonyl (C=O) groups is 2. The van der Waals surface area contributed by atoms with Gasteiger partial charge in [-0.05, 0) is 23.6 Å². The van der Waals surface area contributed by atoms with Crippen molar-refractivity contribution in [1.29, 1.82) is 0 Å². The van der Waals surface area contributed by atoms with Gasteiger partial charge in [-0.3, -0.25) is 19.0 Å². The van der Waals surface area contributed by atoms with Gasteiger partial charge >= 0.3 is 0 Å². The molecule has 0 aliphatic heterocycles. The van der Waals surface area contributed by atoms with Crippen LogP contribution in [0.15, 0.2) is 73.1 Å². The van der Waals surface area contributed by atoms with Crippen molar-refractivity contribution in [3.8, 4) is 0 Å². The molecule has 2 N–H and O–H groups in total. The molecular weight excluding hydrogens is 404 g/mol. The van der Waals surface area contributed by atoms with Gasteiger partial charge in [-0.15, -0.1) is 0 Å². The highest BCUT2D eigenvalue weighted by molar-refractivity contribution is 6.03. The number of carbonyl (C=O) groups excluding carboxylic acids is 2. The standard InChI is InChI=1S/C24H24N6O2/c1-17-8-6-7-11-19(17)15-30-16-20(14-25-30)26-24(32)21-13-22(29(2)28-21)27-23(31)12-18-9-4-3-5-10-18/h3-11,13-14,16H,12,15H2,1-2H3,(H,26,32)(H,27,31). The lowest BCUT2D eigenvalue weighted by molar-refractivity contribution is -0.115. The van der Waals surface area contributed by atoms with Crippen molar-refractivity contribution in [3.63, 3.8) is 0 Å². The largest absolute Gasteiger partial charge is 0.318 e. The van der Waals surface area contributed by atoms with Crippen LogP contribution in [-0.4, -0.2) is 31.4 Å². The first-order chi connectivity index (χ1) is 15.5. The topological polar surface area (TPSA) is 93.8 Å². The maximum Gasteiger partial charge on any atom is 0.276 e. The molecule has 8 heteroatoms. The van der Waals surface area contributed by atoms with Gasteiger partial charge in [-0.2, -0.15) is 10.2 Å². The summed E-state index contributed by atoms with van der Waals surface area (Å²) in [7, 11) is 1.68. The molecule has 0 aliphatic carbocycles. The predicted molar refractivity (Wildman–Crippen MR) is 122 cm³/mol. The molecule has 4 aromatic rings. The van der Waals surface area contributed by atoms with Crippen molar-refractivity contribution >= 4 is 23.3 Å². The smallest absolute Gasteiger partial charge is 0.276 e. The van der Waals surface area contributed by atoms with Crippen LogP contribution in [-0.2, 0) is 24.8 Å². The first kappa shape index (κ1) is 21.0. The molecule has 32 heavy (non-hydrogen) atoms. The van der Waals surface area contributed by atoms with Crippen LogP contribution in [0.3, 0.4) is 0 Å². The summed E-state index contributed by atoms with van der Waals surface area (Å²) in [6.45, 7) is 2.67. The van der Waals surface area contributed by atoms with Gasteiger partial charge in [-0.25, -0.2) is 0 Å². The maximum atomic E-state index is 12.6. The molecule has 8 nitrogen and oxygen atoms in total. The first-order valence-electron chi connectivity index (χ1n) is 10.2. The number of benzene rings is 2. The van der Waals surface area contributed by atoms with E-state index in [0.717, 1.165) is 11.1 Å². The number of nitrogens with one attached hydrogen (secondary N) is 2. The van der Waals surface area contributed by atoms with Gasteiger partial charge in [-0.1, -0.05) is 54.6 Å². The van der Waals surface area contributed by atoms with Gasteiger partial charge in [0.05, 0.1) is 24.8 Å². The average Bonchev–Trinajstić information content (AvgIpc) is 3.36. The van der Waals surface area contributed by atoms with E-state index >= 15 is 0 Å². The van der Waals surface area contributed by atoms with E-state index in [9.17, 15) is 9.59 Å². The number of anilines is 2. The third kappa shape index (κ3) is 5.10. The molecular formula is C24H24N6O2. The lowest BCUT2D eigenvalue weighted by atomic mass is 10.1. The highest BCUT2D eigenvalue weighted by Crippen LogP contribution is 2.14. The van der Waals surface area contributed by atoms with E-state index in [1.165, 1.54) is 10.2 Å². The molecule has 162 valence electrons. The second-order valence-electron chi connectivity index (χ2n) is 7.56. The molecule has 0 unspecified atom stereocenters. The Morgan fingerprint density at radius 3 is 2.53 bits per heavy atom. The summed E-state index contributed by atoms with van der Waals surface area (Å²) in [5.74, 6) is -0.102. The van der Waals surface area contributed by atoms with E-state index in [0.29, 0.717) is 18.1 Å². The summed E-state index contributed by atoms with van der Waals surface area (Å²) < 4.78 is 3.24. The van der Waals surface area contributed by atoms with E-state index < -0.39 is 0 Å². The molecule has 2 aromatic carbocycles. The SMILES string of the molecule is Cc1ccccc1Cn1cc(NC(=O)c2cc(NC(=O)Cc3ccccc3)n(C)n2)cn1. The fourth-order valence-electron chi connectivity index (χ4n) is 3.34. The second-order valence-corrected chi connectivity index (χ2v) is 7.56. The van der Waals surface area contributed by atoms with Crippen LogP contribution < -0.4 is 10.6 Å². The summed E-state index contributed by atoms with van der Waals surface area (Å²) in [5, 5.41) is 14.1. The molecule has 0 atom stereocenters. The Labute approximate surface area is 185 Å². The van der Waals surface area contributed by atoms with Crippen LogP contribution in [0.1, 0.15) is 27.2 Å². The van der Waals surface area contributed by atoms with Crippen LogP contribution in [0.25, 0.3) is 0 Å². The third-order valence-corrected chi connectivity index (χ3v) is 5.07. The van der Waals surface area contributed by atoms with Crippen LogP contribution in [0.5, 0.6) is 0 Å². The zero-order valence-electron chi connectivity index (χ0n) is 17.9. The van der Waals surface area contributed by atoms with Crippen LogP contribution >= 0.6 is 0 Å². The Bertz CT molecular complexity index is 1240. The summed E-state index contributed by atoms with van der Waals surface area (Å²) in [6.07, 6.45) is 3.62. The molecule has 2 amide bonds. The zero-order chi connectivity index (χ0) is 22.5. The molecule has 0 radical (unpaired) electrons. The molecule has 0 fully saturated rings. The van der Waals surface area contributed by atoms with E-state index in [-0.39, 0.29) is 23.9 Å². The molecule has 0 saturated heterocycles. The minimum absolute atomic E-state index is 0.177. The van der Waals surface area contributed by atoms with Crippen molar-refractivity contribution in [2.45, 2.75) is 19.9 Å². The quantitative estimate of drug-likeness (QED) is 0.472. The Morgan fingerprint density at radius 1 is 1.00 bits per heavy atom. The number of nitrogens with zero attached hydrogens (tertiary/aromatic N) is 4. The zero-order valence-corrected chi connectivity index (χ0v) is 17.9. The summed E-state index contributed by atoms with van der Waals surface area (Å²) in [6, 6.07) is 19.1. The van der Waals surface area contributed by atoms with E-state index in [4.69, 9.17) is 0 Å². The number of hydrogen-bond donors (Lipinski definition) is 2. The Morgan fingerprint density at radius 2 is 1.75 bits per heavy atom. The van der Waals surface area contributed by atoms with Crippen LogP contribution in [0, 0.1) is 6.92 Å². The van der Waals surface area contributed by atoms with Crippen molar-refractivity contribution in [1.82, 2.24) is 19.6 Å². The first-order valence-corrected chi connectivity index (χ1v) is 10.2. The van der Waals surface area contributed by atoms with Gasteiger partial charge in [0.15, 0.2) is 5.69 Å². The number of rotatable bonds is 7. The molecule has 0 spiro atoms. The highest BCUT2D eigenvalue weighted by Gasteiger charge is 2.16. The van der Waals surface area contributed by atoms with Gasteiger partial charge in [0.1, 0.15) is 5.82 Å². The van der Waals surface area contributed by atoms with Gasteiger partial charge in [0.25, 0.3) is 5.91 Å². The predicted octanol–water partition coefficient (Wildman–Crippen LogP) is 3.41. The molecule has 0 bridgehead atoms. The monoisotopic (exact) mass is 428 g/mol. The highest BCUT2D eigenvalue weighted by atomic mass is 16.2. The minimum atomic E-state index is -0.375. The van der Waals surface area contributed by atoms with Crippen molar-refractivity contribution < 1.29 is 9.59 Å². The molecule has 2 heterocycles. The number of aryl methyl sites for hydroxylation is 2. The maximum absolute atomic E-state index is 12.6. The third-order valence-electron chi connectivity index (χ3n) is 5.07. The minimum Gasteiger partial charge on any atom is -0.318 e. The Kier molecular flexibility index (Phi) is 6.12. The lowest BCUT2D eigenvalue weighted by Crippen LogP contribution is -2.16. The van der Waals surface area contributed by atoms with Crippen molar-refractivity contribution in [2.75, 3.05) is 10.6 Å². The van der Waals surface area contributed by atoms with Gasteiger partial charge in [0.2, 0.25) is 5.91 Å². The molecule has 2 aromatic heterocycles.